The van der Waals surface area contributed by atoms with E-state index in [2.05, 4.69) is 555 Å². The summed E-state index contributed by atoms with van der Waals surface area (Å²) in [4.78, 5) is 16.8. The van der Waals surface area contributed by atoms with Gasteiger partial charge in [-0.05, 0) is 256 Å². The van der Waals surface area contributed by atoms with E-state index in [1.54, 1.807) is 0 Å². The molecule has 0 radical (unpaired) electrons. The van der Waals surface area contributed by atoms with Crippen LogP contribution in [0.25, 0.3) is 176 Å². The van der Waals surface area contributed by atoms with Crippen molar-refractivity contribution in [3.8, 4) is 134 Å². The van der Waals surface area contributed by atoms with E-state index in [4.69, 9.17) is 14.4 Å². The monoisotopic (exact) mass is 1850 g/mol. The number of hydrogen-bond donors (Lipinski definition) is 0. The largest absolute Gasteiger partial charge is 0.456 e. The Morgan fingerprint density at radius 2 is 0.371 bits per heavy atom. The van der Waals surface area contributed by atoms with Crippen LogP contribution in [0, 0.1) is 0 Å². The number of anilines is 9. The molecule has 3 aromatic heterocycles. The second kappa shape index (κ2) is 40.9. The van der Waals surface area contributed by atoms with Gasteiger partial charge in [-0.3, -0.25) is 9.88 Å². The number of nitrogens with zero attached hydrogens (tertiary/aromatic N) is 5. The Morgan fingerprint density at radius 3 is 0.692 bits per heavy atom. The molecule has 0 bridgehead atoms. The van der Waals surface area contributed by atoms with Gasteiger partial charge < -0.3 is 14.2 Å². The highest BCUT2D eigenvalue weighted by Crippen LogP contribution is 2.48. The minimum absolute atomic E-state index is 0.751. The van der Waals surface area contributed by atoms with Crippen LogP contribution in [-0.4, -0.2) is 9.97 Å². The fourth-order valence-corrected chi connectivity index (χ4v) is 20.5. The van der Waals surface area contributed by atoms with E-state index in [-0.39, 0.29) is 0 Å². The van der Waals surface area contributed by atoms with Crippen molar-refractivity contribution >= 4 is 105 Å². The van der Waals surface area contributed by atoms with E-state index in [0.29, 0.717) is 0 Å². The first-order valence-corrected chi connectivity index (χ1v) is 49.2. The molecule has 25 aromatic rings. The zero-order chi connectivity index (χ0) is 95.4. The first kappa shape index (κ1) is 88.3. The van der Waals surface area contributed by atoms with Gasteiger partial charge in [0.05, 0.1) is 18.1 Å². The predicted molar refractivity (Wildman–Crippen MR) is 604 cm³/mol. The van der Waals surface area contributed by atoms with E-state index in [0.717, 1.165) is 101 Å². The van der Waals surface area contributed by atoms with Gasteiger partial charge in [-0.25, -0.2) is 4.98 Å². The molecule has 0 aliphatic carbocycles. The molecule has 0 aliphatic rings. The lowest BCUT2D eigenvalue weighted by Crippen LogP contribution is -2.12. The summed E-state index contributed by atoms with van der Waals surface area (Å²) in [5.74, 6) is 0.751. The maximum Gasteiger partial charge on any atom is 0.156 e. The second-order valence-corrected chi connectivity index (χ2v) is 36.5. The molecule has 0 unspecified atom stereocenters. The molecule has 0 atom stereocenters. The zero-order valence-corrected chi connectivity index (χ0v) is 79.2. The Morgan fingerprint density at radius 1 is 0.154 bits per heavy atom. The number of rotatable bonds is 21. The van der Waals surface area contributed by atoms with Gasteiger partial charge in [-0.2, -0.15) is 0 Å². The molecule has 0 fully saturated rings. The van der Waals surface area contributed by atoms with Crippen molar-refractivity contribution in [2.75, 3.05) is 14.7 Å². The first-order valence-electron chi connectivity index (χ1n) is 48.4. The lowest BCUT2D eigenvalue weighted by molar-refractivity contribution is 0.669. The van der Waals surface area contributed by atoms with Crippen LogP contribution in [0.1, 0.15) is 0 Å². The molecule has 25 rings (SSSR count). The highest BCUT2D eigenvalue weighted by molar-refractivity contribution is 7.25. The van der Waals surface area contributed by atoms with Crippen molar-refractivity contribution in [3.05, 3.63) is 577 Å². The maximum atomic E-state index is 6.42. The average Bonchev–Trinajstić information content (AvgIpc) is 1.61. The number of furan rings is 1. The number of aromatic nitrogens is 2. The smallest absolute Gasteiger partial charge is 0.156 e. The van der Waals surface area contributed by atoms with Gasteiger partial charge in [0, 0.05) is 82.0 Å². The number of thiophene rings is 1. The summed E-state index contributed by atoms with van der Waals surface area (Å²) in [5.41, 5.74) is 38.6. The fourth-order valence-electron chi connectivity index (χ4n) is 19.4. The molecule has 0 saturated carbocycles. The van der Waals surface area contributed by atoms with Crippen LogP contribution >= 0.6 is 11.3 Å². The topological polar surface area (TPSA) is 48.6 Å². The molecule has 22 aromatic carbocycles. The molecular weight excluding hydrogens is 1750 g/mol. The van der Waals surface area contributed by atoms with Crippen LogP contribution in [0.15, 0.2) is 581 Å². The van der Waals surface area contributed by atoms with Crippen LogP contribution < -0.4 is 14.7 Å². The summed E-state index contributed by atoms with van der Waals surface area (Å²) < 4.78 is 9.00. The molecule has 6 nitrogen and oxygen atoms in total. The van der Waals surface area contributed by atoms with Gasteiger partial charge in [-0.1, -0.05) is 431 Å². The van der Waals surface area contributed by atoms with Crippen LogP contribution in [0.5, 0.6) is 0 Å². The summed E-state index contributed by atoms with van der Waals surface area (Å²) in [5, 5.41) is 4.74. The van der Waals surface area contributed by atoms with Gasteiger partial charge in [0.25, 0.3) is 0 Å². The van der Waals surface area contributed by atoms with Gasteiger partial charge in [-0.15, -0.1) is 11.3 Å². The molecular formula is C136H95N5OS. The summed E-state index contributed by atoms with van der Waals surface area (Å²) in [7, 11) is 0. The number of hydrogen-bond acceptors (Lipinski definition) is 7. The molecule has 676 valence electrons. The fraction of sp³-hybridized carbons (Fsp3) is 0. The third kappa shape index (κ3) is 19.1. The van der Waals surface area contributed by atoms with Gasteiger partial charge in [0.1, 0.15) is 11.2 Å². The Hall–Kier alpha value is -18.7. The van der Waals surface area contributed by atoms with Gasteiger partial charge >= 0.3 is 0 Å². The highest BCUT2D eigenvalue weighted by atomic mass is 32.1. The lowest BCUT2D eigenvalue weighted by atomic mass is 9.94. The van der Waals surface area contributed by atoms with Crippen molar-refractivity contribution in [1.29, 1.82) is 0 Å². The van der Waals surface area contributed by atoms with Crippen LogP contribution in [0.4, 0.5) is 51.3 Å². The van der Waals surface area contributed by atoms with E-state index < -0.39 is 0 Å². The van der Waals surface area contributed by atoms with Gasteiger partial charge in [0.15, 0.2) is 5.82 Å². The summed E-state index contributed by atoms with van der Waals surface area (Å²) in [6.07, 6.45) is 3.74. The minimum atomic E-state index is 0.751. The molecule has 0 N–H and O–H groups in total. The Kier molecular flexibility index (Phi) is 25.3. The third-order valence-corrected chi connectivity index (χ3v) is 27.8. The number of benzene rings is 22. The Balaban J connectivity index is 0.000000119. The van der Waals surface area contributed by atoms with Crippen molar-refractivity contribution < 1.29 is 4.42 Å². The van der Waals surface area contributed by atoms with Crippen LogP contribution in [0.3, 0.4) is 0 Å². The third-order valence-electron chi connectivity index (χ3n) is 26.6. The molecule has 0 amide bonds. The van der Waals surface area contributed by atoms with Crippen molar-refractivity contribution in [1.82, 2.24) is 9.97 Å². The average molecular weight is 1850 g/mol. The van der Waals surface area contributed by atoms with Crippen molar-refractivity contribution in [2.45, 2.75) is 0 Å². The second-order valence-electron chi connectivity index (χ2n) is 35.5. The summed E-state index contributed by atoms with van der Waals surface area (Å²) >= 11 is 1.86. The zero-order valence-electron chi connectivity index (χ0n) is 78.4. The van der Waals surface area contributed by atoms with E-state index in [1.807, 2.05) is 48.0 Å². The van der Waals surface area contributed by atoms with Crippen molar-refractivity contribution in [3.63, 3.8) is 0 Å². The molecule has 7 heteroatoms. The van der Waals surface area contributed by atoms with Crippen LogP contribution in [0.2, 0.25) is 0 Å². The predicted octanol–water partition coefficient (Wildman–Crippen LogP) is 38.5. The van der Waals surface area contributed by atoms with Crippen molar-refractivity contribution in [2.24, 2.45) is 0 Å². The highest BCUT2D eigenvalue weighted by Gasteiger charge is 2.23. The van der Waals surface area contributed by atoms with Gasteiger partial charge in [0.2, 0.25) is 0 Å². The molecule has 0 saturated heterocycles. The summed E-state index contributed by atoms with van der Waals surface area (Å²) in [6.45, 7) is 0. The van der Waals surface area contributed by atoms with E-state index >= 15 is 0 Å². The number of fused-ring (bicyclic) bond motifs is 6. The molecule has 3 heterocycles. The van der Waals surface area contributed by atoms with Crippen LogP contribution in [-0.2, 0) is 0 Å². The SMILES string of the molecule is c1ccc(-c2ccc(N(c3ccc(-c4ccccc4)cc3)c3ccc4oc5ccc(-c6ccccc6-c6ccccc6)cc5c4c3)cc2)cc1.c1ccc(-c2ccc(N(c3ccc(-c4ccccc4)cc3)c3ccc4sc5ccc(-c6ccccc6-c6ccccc6)cc5c4c3)cc2)cc1.c1ccc(-c2ccc(N(c3ccc(-c4ccccc4)cc3)c3cnc(-c4ccccc4-c4ccccc4)cn3)cc2)cc1. The summed E-state index contributed by atoms with van der Waals surface area (Å²) in [6, 6.07) is 200. The maximum absolute atomic E-state index is 6.42. The van der Waals surface area contributed by atoms with E-state index in [9.17, 15) is 0 Å². The molecule has 0 aliphatic heterocycles. The first-order chi connectivity index (χ1) is 70.9. The standard InChI is InChI=1S/C48H33NO.C48H33NS.C40H29N3/c2*1-4-12-34(13-5-1)36-20-25-40(26-21-36)49(41-27-22-37(23-28-41)35-14-6-2-7-15-35)42-29-31-48-46(33-42)45-32-39(24-30-47(45)50-48)44-19-11-10-18-43(44)38-16-8-3-9-17-38;1-4-12-30(13-5-1)32-20-24-35(25-21-32)43(36-26-22-33(23-27-36)31-14-6-2-7-15-31)40-29-41-39(28-42-40)38-19-11-10-18-37(38)34-16-8-3-9-17-34/h2*1-33H;1-29H. The molecule has 143 heavy (non-hydrogen) atoms. The van der Waals surface area contributed by atoms with E-state index in [1.165, 1.54) is 126 Å². The minimum Gasteiger partial charge on any atom is -0.456 e. The quantitative estimate of drug-likeness (QED) is 0.0715. The molecule has 0 spiro atoms. The lowest BCUT2D eigenvalue weighted by Gasteiger charge is -2.26. The Bertz CT molecular complexity index is 8030. The Labute approximate surface area is 837 Å². The normalized spacial score (nSPS) is 11.1.